The first-order valence-electron chi connectivity index (χ1n) is 9.00. The van der Waals surface area contributed by atoms with E-state index in [0.29, 0.717) is 26.1 Å². The molecule has 7 nitrogen and oxygen atoms in total. The Morgan fingerprint density at radius 3 is 2.69 bits per heavy atom. The number of benzene rings is 1. The molecule has 1 aromatic carbocycles. The van der Waals surface area contributed by atoms with Crippen molar-refractivity contribution in [3.63, 3.8) is 0 Å². The molecule has 2 rings (SSSR count). The number of aromatic nitrogens is 2. The molecule has 142 valence electrons. The molecular weight excluding hydrogens is 332 g/mol. The van der Waals surface area contributed by atoms with Crippen molar-refractivity contribution in [2.45, 2.75) is 33.2 Å². The standard InChI is InChI=1S/C19H28N4O3/c1-14(2)19(25)21-11-9-17-22-15-7-4-5-8-16(15)23(17)13-18(24)20-10-6-12-26-3/h4-5,7-8,14H,6,9-13H2,1-3H3,(H,20,24)(H,21,25). The van der Waals surface area contributed by atoms with Crippen molar-refractivity contribution >= 4 is 22.8 Å². The largest absolute Gasteiger partial charge is 0.385 e. The fourth-order valence-corrected chi connectivity index (χ4v) is 2.64. The molecule has 0 aliphatic rings. The van der Waals surface area contributed by atoms with Crippen LogP contribution in [0.25, 0.3) is 11.0 Å². The number of amides is 2. The highest BCUT2D eigenvalue weighted by Crippen LogP contribution is 2.16. The number of nitrogens with zero attached hydrogens (tertiary/aromatic N) is 2. The quantitative estimate of drug-likeness (QED) is 0.629. The molecule has 26 heavy (non-hydrogen) atoms. The number of carbonyl (C=O) groups is 2. The molecule has 0 aliphatic heterocycles. The van der Waals surface area contributed by atoms with Crippen molar-refractivity contribution in [3.8, 4) is 0 Å². The Bertz CT molecular complexity index is 739. The van der Waals surface area contributed by atoms with Crippen LogP contribution in [0.4, 0.5) is 0 Å². The second-order valence-corrected chi connectivity index (χ2v) is 6.49. The Kier molecular flexibility index (Phi) is 7.59. The van der Waals surface area contributed by atoms with Gasteiger partial charge in [0.1, 0.15) is 12.4 Å². The molecule has 1 heterocycles. The average Bonchev–Trinajstić information content (AvgIpc) is 2.96. The highest BCUT2D eigenvalue weighted by atomic mass is 16.5. The summed E-state index contributed by atoms with van der Waals surface area (Å²) in [6.45, 7) is 5.63. The van der Waals surface area contributed by atoms with Gasteiger partial charge in [0.25, 0.3) is 0 Å². The predicted molar refractivity (Wildman–Crippen MR) is 101 cm³/mol. The van der Waals surface area contributed by atoms with E-state index in [-0.39, 0.29) is 24.3 Å². The molecule has 0 bridgehead atoms. The molecule has 0 atom stereocenters. The maximum absolute atomic E-state index is 12.3. The van der Waals surface area contributed by atoms with Crippen LogP contribution in [0.15, 0.2) is 24.3 Å². The second kappa shape index (κ2) is 9.91. The first-order valence-corrected chi connectivity index (χ1v) is 9.00. The summed E-state index contributed by atoms with van der Waals surface area (Å²) in [7, 11) is 1.64. The van der Waals surface area contributed by atoms with Crippen LogP contribution in [-0.2, 0) is 27.3 Å². The summed E-state index contributed by atoms with van der Waals surface area (Å²) in [6.07, 6.45) is 1.35. The fourth-order valence-electron chi connectivity index (χ4n) is 2.64. The van der Waals surface area contributed by atoms with Crippen LogP contribution in [-0.4, -0.2) is 48.2 Å². The van der Waals surface area contributed by atoms with Crippen LogP contribution in [0.1, 0.15) is 26.1 Å². The zero-order valence-corrected chi connectivity index (χ0v) is 15.7. The van der Waals surface area contributed by atoms with Crippen molar-refractivity contribution in [3.05, 3.63) is 30.1 Å². The maximum Gasteiger partial charge on any atom is 0.240 e. The van der Waals surface area contributed by atoms with E-state index in [1.807, 2.05) is 42.7 Å². The first kappa shape index (κ1) is 19.9. The van der Waals surface area contributed by atoms with Crippen LogP contribution in [0.2, 0.25) is 0 Å². The minimum absolute atomic E-state index is 0.0172. The lowest BCUT2D eigenvalue weighted by atomic mass is 10.2. The van der Waals surface area contributed by atoms with Gasteiger partial charge in [-0.1, -0.05) is 26.0 Å². The van der Waals surface area contributed by atoms with Crippen molar-refractivity contribution in [1.29, 1.82) is 0 Å². The van der Waals surface area contributed by atoms with Crippen molar-refractivity contribution in [2.24, 2.45) is 5.92 Å². The van der Waals surface area contributed by atoms with Gasteiger partial charge in [-0.25, -0.2) is 4.98 Å². The number of imidazole rings is 1. The summed E-state index contributed by atoms with van der Waals surface area (Å²) < 4.78 is 6.90. The summed E-state index contributed by atoms with van der Waals surface area (Å²) in [5.41, 5.74) is 1.77. The molecule has 2 aromatic rings. The van der Waals surface area contributed by atoms with Gasteiger partial charge in [0, 0.05) is 39.1 Å². The van der Waals surface area contributed by atoms with Gasteiger partial charge in [-0.2, -0.15) is 0 Å². The van der Waals surface area contributed by atoms with Crippen molar-refractivity contribution in [1.82, 2.24) is 20.2 Å². The average molecular weight is 360 g/mol. The minimum Gasteiger partial charge on any atom is -0.385 e. The van der Waals surface area contributed by atoms with Gasteiger partial charge in [-0.3, -0.25) is 9.59 Å². The van der Waals surface area contributed by atoms with Crippen molar-refractivity contribution < 1.29 is 14.3 Å². The second-order valence-electron chi connectivity index (χ2n) is 6.49. The number of nitrogens with one attached hydrogen (secondary N) is 2. The summed E-state index contributed by atoms with van der Waals surface area (Å²) in [5, 5.41) is 5.80. The number of rotatable bonds is 10. The number of methoxy groups -OCH3 is 1. The Morgan fingerprint density at radius 2 is 1.96 bits per heavy atom. The minimum atomic E-state index is -0.0586. The SMILES string of the molecule is COCCCNC(=O)Cn1c(CCNC(=O)C(C)C)nc2ccccc21. The third kappa shape index (κ3) is 5.56. The number of hydrogen-bond acceptors (Lipinski definition) is 4. The molecule has 7 heteroatoms. The third-order valence-electron chi connectivity index (χ3n) is 4.05. The van der Waals surface area contributed by atoms with E-state index in [0.717, 1.165) is 23.3 Å². The van der Waals surface area contributed by atoms with Crippen LogP contribution in [0.5, 0.6) is 0 Å². The van der Waals surface area contributed by atoms with E-state index in [1.165, 1.54) is 0 Å². The van der Waals surface area contributed by atoms with Gasteiger partial charge in [0.15, 0.2) is 0 Å². The van der Waals surface area contributed by atoms with Gasteiger partial charge in [0.05, 0.1) is 11.0 Å². The lowest BCUT2D eigenvalue weighted by Gasteiger charge is -2.11. The number of ether oxygens (including phenoxy) is 1. The number of fused-ring (bicyclic) bond motifs is 1. The normalized spacial score (nSPS) is 11.1. The molecule has 0 fully saturated rings. The zero-order chi connectivity index (χ0) is 18.9. The molecule has 1 aromatic heterocycles. The highest BCUT2D eigenvalue weighted by molar-refractivity contribution is 5.81. The molecule has 2 N–H and O–H groups in total. The monoisotopic (exact) mass is 360 g/mol. The van der Waals surface area contributed by atoms with E-state index in [9.17, 15) is 9.59 Å². The van der Waals surface area contributed by atoms with Gasteiger partial charge in [-0.05, 0) is 18.6 Å². The Morgan fingerprint density at radius 1 is 1.19 bits per heavy atom. The third-order valence-corrected chi connectivity index (χ3v) is 4.05. The Labute approximate surface area is 154 Å². The Balaban J connectivity index is 2.05. The Hall–Kier alpha value is -2.41. The molecule has 2 amide bonds. The summed E-state index contributed by atoms with van der Waals surface area (Å²) >= 11 is 0. The maximum atomic E-state index is 12.3. The molecule has 0 saturated carbocycles. The van der Waals surface area contributed by atoms with Gasteiger partial charge < -0.3 is 19.9 Å². The van der Waals surface area contributed by atoms with Crippen LogP contribution < -0.4 is 10.6 Å². The van der Waals surface area contributed by atoms with E-state index in [4.69, 9.17) is 4.74 Å². The van der Waals surface area contributed by atoms with Gasteiger partial charge >= 0.3 is 0 Å². The molecule has 0 unspecified atom stereocenters. The predicted octanol–water partition coefficient (Wildman–Crippen LogP) is 1.50. The van der Waals surface area contributed by atoms with Crippen LogP contribution >= 0.6 is 0 Å². The zero-order valence-electron chi connectivity index (χ0n) is 15.7. The summed E-state index contributed by atoms with van der Waals surface area (Å²) in [4.78, 5) is 28.6. The molecular formula is C19H28N4O3. The van der Waals surface area contributed by atoms with Crippen LogP contribution in [0.3, 0.4) is 0 Å². The smallest absolute Gasteiger partial charge is 0.240 e. The van der Waals surface area contributed by atoms with E-state index >= 15 is 0 Å². The summed E-state index contributed by atoms with van der Waals surface area (Å²) in [6, 6.07) is 7.74. The van der Waals surface area contributed by atoms with E-state index in [2.05, 4.69) is 15.6 Å². The van der Waals surface area contributed by atoms with Gasteiger partial charge in [0.2, 0.25) is 11.8 Å². The molecule has 0 aliphatic carbocycles. The molecule has 0 radical (unpaired) electrons. The highest BCUT2D eigenvalue weighted by Gasteiger charge is 2.14. The lowest BCUT2D eigenvalue weighted by molar-refractivity contribution is -0.124. The fraction of sp³-hybridized carbons (Fsp3) is 0.526. The summed E-state index contributed by atoms with van der Waals surface area (Å²) in [5.74, 6) is 0.703. The number of para-hydroxylation sites is 2. The van der Waals surface area contributed by atoms with E-state index < -0.39 is 0 Å². The van der Waals surface area contributed by atoms with Crippen molar-refractivity contribution in [2.75, 3.05) is 26.8 Å². The lowest BCUT2D eigenvalue weighted by Crippen LogP contribution is -2.31. The van der Waals surface area contributed by atoms with E-state index in [1.54, 1.807) is 7.11 Å². The number of carbonyl (C=O) groups excluding carboxylic acids is 2. The number of hydrogen-bond donors (Lipinski definition) is 2. The van der Waals surface area contributed by atoms with Crippen LogP contribution in [0, 0.1) is 5.92 Å². The molecule has 0 spiro atoms. The molecule has 0 saturated heterocycles. The topological polar surface area (TPSA) is 85.2 Å². The van der Waals surface area contributed by atoms with Gasteiger partial charge in [-0.15, -0.1) is 0 Å². The first-order chi connectivity index (χ1) is 12.5.